The number of carboxylic acids is 1. The Morgan fingerprint density at radius 1 is 1.15 bits per heavy atom. The third kappa shape index (κ3) is 3.49. The summed E-state index contributed by atoms with van der Waals surface area (Å²) in [5.74, 6) is -0.524. The Morgan fingerprint density at radius 2 is 1.92 bits per heavy atom. The van der Waals surface area contributed by atoms with Gasteiger partial charge in [0.1, 0.15) is 0 Å². The summed E-state index contributed by atoms with van der Waals surface area (Å²) in [6.45, 7) is 3.74. The van der Waals surface area contributed by atoms with Gasteiger partial charge in [0, 0.05) is 17.3 Å². The highest BCUT2D eigenvalue weighted by atomic mass is 16.5. The number of aliphatic carboxylic acids is 1. The van der Waals surface area contributed by atoms with Crippen LogP contribution in [0.3, 0.4) is 0 Å². The molecule has 0 saturated carbocycles. The molecule has 0 bridgehead atoms. The standard InChI is InChI=1S/C20H21NO5/c1-3-25-18-11-15(8-9-17(18)26-12-19(22)23)20(24)21-13(2)10-14-6-4-5-7-16(14)21/h4-9,11,13H,3,10,12H2,1-2H3,(H,22,23)/t13-/m0/s1. The van der Waals surface area contributed by atoms with Gasteiger partial charge in [0.05, 0.1) is 6.61 Å². The second-order valence-corrected chi connectivity index (χ2v) is 6.13. The van der Waals surface area contributed by atoms with E-state index < -0.39 is 12.6 Å². The van der Waals surface area contributed by atoms with Crippen molar-refractivity contribution in [3.05, 3.63) is 53.6 Å². The van der Waals surface area contributed by atoms with E-state index in [4.69, 9.17) is 14.6 Å². The number of carbonyl (C=O) groups is 2. The van der Waals surface area contributed by atoms with Crippen LogP contribution in [0.4, 0.5) is 5.69 Å². The zero-order valence-electron chi connectivity index (χ0n) is 14.8. The number of amides is 1. The van der Waals surface area contributed by atoms with Crippen molar-refractivity contribution < 1.29 is 24.2 Å². The highest BCUT2D eigenvalue weighted by Gasteiger charge is 2.31. The molecule has 0 unspecified atom stereocenters. The molecule has 26 heavy (non-hydrogen) atoms. The van der Waals surface area contributed by atoms with Gasteiger partial charge in [0.2, 0.25) is 0 Å². The van der Waals surface area contributed by atoms with Gasteiger partial charge in [-0.15, -0.1) is 0 Å². The molecule has 2 aromatic carbocycles. The summed E-state index contributed by atoms with van der Waals surface area (Å²) >= 11 is 0. The first kappa shape index (κ1) is 17.8. The van der Waals surface area contributed by atoms with Crippen molar-refractivity contribution in [2.24, 2.45) is 0 Å². The van der Waals surface area contributed by atoms with Crippen LogP contribution < -0.4 is 14.4 Å². The highest BCUT2D eigenvalue weighted by molar-refractivity contribution is 6.08. The Labute approximate surface area is 152 Å². The number of benzene rings is 2. The van der Waals surface area contributed by atoms with Crippen molar-refractivity contribution in [2.45, 2.75) is 26.3 Å². The Hall–Kier alpha value is -3.02. The van der Waals surface area contributed by atoms with Gasteiger partial charge in [-0.25, -0.2) is 4.79 Å². The first-order valence-corrected chi connectivity index (χ1v) is 8.54. The van der Waals surface area contributed by atoms with Gasteiger partial charge in [0.25, 0.3) is 5.91 Å². The number of hydrogen-bond acceptors (Lipinski definition) is 4. The predicted molar refractivity (Wildman–Crippen MR) is 97.2 cm³/mol. The van der Waals surface area contributed by atoms with Crippen LogP contribution in [0.5, 0.6) is 11.5 Å². The number of carboxylic acid groups (broad SMARTS) is 1. The quantitative estimate of drug-likeness (QED) is 0.861. The van der Waals surface area contributed by atoms with Crippen LogP contribution in [-0.2, 0) is 11.2 Å². The van der Waals surface area contributed by atoms with E-state index in [0.29, 0.717) is 23.7 Å². The summed E-state index contributed by atoms with van der Waals surface area (Å²) in [7, 11) is 0. The molecule has 6 nitrogen and oxygen atoms in total. The van der Waals surface area contributed by atoms with E-state index in [9.17, 15) is 9.59 Å². The molecule has 1 amide bonds. The molecule has 0 saturated heterocycles. The minimum Gasteiger partial charge on any atom is -0.490 e. The number of fused-ring (bicyclic) bond motifs is 1. The number of rotatable bonds is 6. The monoisotopic (exact) mass is 355 g/mol. The van der Waals surface area contributed by atoms with Crippen molar-refractivity contribution >= 4 is 17.6 Å². The average Bonchev–Trinajstić information content (AvgIpc) is 2.95. The summed E-state index contributed by atoms with van der Waals surface area (Å²) in [6, 6.07) is 12.8. The van der Waals surface area contributed by atoms with E-state index in [1.54, 1.807) is 23.1 Å². The second kappa shape index (κ2) is 7.47. The lowest BCUT2D eigenvalue weighted by Crippen LogP contribution is -2.35. The molecule has 2 aromatic rings. The molecule has 136 valence electrons. The van der Waals surface area contributed by atoms with Gasteiger partial charge in [0.15, 0.2) is 18.1 Å². The Bertz CT molecular complexity index is 833. The lowest BCUT2D eigenvalue weighted by Gasteiger charge is -2.23. The fourth-order valence-electron chi connectivity index (χ4n) is 3.18. The summed E-state index contributed by atoms with van der Waals surface area (Å²) < 4.78 is 10.8. The van der Waals surface area contributed by atoms with Crippen molar-refractivity contribution in [3.8, 4) is 11.5 Å². The average molecular weight is 355 g/mol. The first-order chi connectivity index (χ1) is 12.5. The molecular formula is C20H21NO5. The maximum absolute atomic E-state index is 13.1. The van der Waals surface area contributed by atoms with Gasteiger partial charge in [-0.1, -0.05) is 18.2 Å². The van der Waals surface area contributed by atoms with E-state index in [1.807, 2.05) is 38.1 Å². The lowest BCUT2D eigenvalue weighted by atomic mass is 10.1. The number of nitrogens with zero attached hydrogens (tertiary/aromatic N) is 1. The van der Waals surface area contributed by atoms with Crippen LogP contribution >= 0.6 is 0 Å². The molecular weight excluding hydrogens is 334 g/mol. The van der Waals surface area contributed by atoms with Crippen molar-refractivity contribution in [1.29, 1.82) is 0 Å². The Morgan fingerprint density at radius 3 is 2.65 bits per heavy atom. The SMILES string of the molecule is CCOc1cc(C(=O)N2c3ccccc3C[C@@H]2C)ccc1OCC(=O)O. The van der Waals surface area contributed by atoms with Gasteiger partial charge >= 0.3 is 5.97 Å². The van der Waals surface area contributed by atoms with Gasteiger partial charge < -0.3 is 19.5 Å². The maximum Gasteiger partial charge on any atom is 0.341 e. The molecule has 1 N–H and O–H groups in total. The number of anilines is 1. The molecule has 1 heterocycles. The first-order valence-electron chi connectivity index (χ1n) is 8.54. The maximum atomic E-state index is 13.1. The topological polar surface area (TPSA) is 76.1 Å². The van der Waals surface area contributed by atoms with Crippen molar-refractivity contribution in [3.63, 3.8) is 0 Å². The van der Waals surface area contributed by atoms with Crippen LogP contribution in [-0.4, -0.2) is 36.2 Å². The third-order valence-electron chi connectivity index (χ3n) is 4.27. The van der Waals surface area contributed by atoms with E-state index in [-0.39, 0.29) is 11.9 Å². The zero-order chi connectivity index (χ0) is 18.7. The van der Waals surface area contributed by atoms with Crippen LogP contribution in [0.25, 0.3) is 0 Å². The molecule has 6 heteroatoms. The minimum atomic E-state index is -1.07. The van der Waals surface area contributed by atoms with Crippen molar-refractivity contribution in [1.82, 2.24) is 0 Å². The largest absolute Gasteiger partial charge is 0.490 e. The normalized spacial score (nSPS) is 15.5. The zero-order valence-corrected chi connectivity index (χ0v) is 14.8. The van der Waals surface area contributed by atoms with Gasteiger partial charge in [-0.3, -0.25) is 4.79 Å². The minimum absolute atomic E-state index is 0.0679. The smallest absolute Gasteiger partial charge is 0.341 e. The number of para-hydroxylation sites is 1. The van der Waals surface area contributed by atoms with Crippen LogP contribution in [0.1, 0.15) is 29.8 Å². The van der Waals surface area contributed by atoms with E-state index >= 15 is 0 Å². The van der Waals surface area contributed by atoms with Gasteiger partial charge in [-0.2, -0.15) is 0 Å². The lowest BCUT2D eigenvalue weighted by molar-refractivity contribution is -0.139. The molecule has 0 aliphatic carbocycles. The summed E-state index contributed by atoms with van der Waals surface area (Å²) in [4.78, 5) is 25.6. The van der Waals surface area contributed by atoms with Gasteiger partial charge in [-0.05, 0) is 50.1 Å². The summed E-state index contributed by atoms with van der Waals surface area (Å²) in [5, 5.41) is 8.78. The molecule has 1 aliphatic rings. The molecule has 1 aliphatic heterocycles. The fourth-order valence-corrected chi connectivity index (χ4v) is 3.18. The van der Waals surface area contributed by atoms with E-state index in [1.165, 1.54) is 0 Å². The molecule has 0 radical (unpaired) electrons. The second-order valence-electron chi connectivity index (χ2n) is 6.13. The van der Waals surface area contributed by atoms with E-state index in [0.717, 1.165) is 17.7 Å². The van der Waals surface area contributed by atoms with Crippen LogP contribution in [0.15, 0.2) is 42.5 Å². The molecule has 0 aromatic heterocycles. The molecule has 0 fully saturated rings. The predicted octanol–water partition coefficient (Wildman–Crippen LogP) is 3.14. The number of carbonyl (C=O) groups excluding carboxylic acids is 1. The van der Waals surface area contributed by atoms with E-state index in [2.05, 4.69) is 0 Å². The van der Waals surface area contributed by atoms with Crippen LogP contribution in [0, 0.1) is 0 Å². The summed E-state index contributed by atoms with van der Waals surface area (Å²) in [5.41, 5.74) is 2.55. The number of hydrogen-bond donors (Lipinski definition) is 1. The summed E-state index contributed by atoms with van der Waals surface area (Å²) in [6.07, 6.45) is 0.819. The fraction of sp³-hybridized carbons (Fsp3) is 0.300. The molecule has 0 spiro atoms. The van der Waals surface area contributed by atoms with Crippen LogP contribution in [0.2, 0.25) is 0 Å². The number of ether oxygens (including phenoxy) is 2. The molecule has 1 atom stereocenters. The Kier molecular flexibility index (Phi) is 5.11. The molecule has 3 rings (SSSR count). The Balaban J connectivity index is 1.90. The van der Waals surface area contributed by atoms with Crippen molar-refractivity contribution in [2.75, 3.05) is 18.1 Å². The highest BCUT2D eigenvalue weighted by Crippen LogP contribution is 2.35. The third-order valence-corrected chi connectivity index (χ3v) is 4.27.